The van der Waals surface area contributed by atoms with Crippen molar-refractivity contribution >= 4 is 0 Å². The molecule has 3 N–H and O–H groups in total. The highest BCUT2D eigenvalue weighted by Gasteiger charge is 2.24. The first kappa shape index (κ1) is 8.97. The molecule has 1 fully saturated rings. The fourth-order valence-electron chi connectivity index (χ4n) is 1.36. The predicted molar refractivity (Wildman–Crippen MR) is 47.3 cm³/mol. The molecule has 0 aromatic carbocycles. The van der Waals surface area contributed by atoms with Crippen molar-refractivity contribution in [2.24, 2.45) is 11.7 Å². The maximum atomic E-state index is 5.46. The summed E-state index contributed by atoms with van der Waals surface area (Å²) in [7, 11) is 0. The Labute approximate surface area is 68.9 Å². The fraction of sp³-hybridized carbons (Fsp3) is 1.00. The Morgan fingerprint density at radius 2 is 2.18 bits per heavy atom. The summed E-state index contributed by atoms with van der Waals surface area (Å²) in [5, 5.41) is 3.42. The first-order chi connectivity index (χ1) is 5.22. The van der Waals surface area contributed by atoms with E-state index in [1.54, 1.807) is 0 Å². The van der Waals surface area contributed by atoms with Gasteiger partial charge in [0, 0.05) is 32.3 Å². The monoisotopic (exact) mass is 157 g/mol. The molecule has 0 aromatic rings. The molecule has 0 aliphatic carbocycles. The van der Waals surface area contributed by atoms with Crippen LogP contribution in [0, 0.1) is 5.92 Å². The zero-order chi connectivity index (χ0) is 8.27. The van der Waals surface area contributed by atoms with Gasteiger partial charge in [0.1, 0.15) is 0 Å². The number of nitrogens with one attached hydrogen (secondary N) is 1. The molecular formula is C8H19N3. The van der Waals surface area contributed by atoms with E-state index < -0.39 is 0 Å². The van der Waals surface area contributed by atoms with Gasteiger partial charge in [-0.05, 0) is 5.92 Å². The van der Waals surface area contributed by atoms with E-state index in [-0.39, 0.29) is 0 Å². The van der Waals surface area contributed by atoms with E-state index in [9.17, 15) is 0 Å². The highest BCUT2D eigenvalue weighted by Crippen LogP contribution is 2.12. The predicted octanol–water partition coefficient (Wildman–Crippen LogP) is -0.168. The minimum absolute atomic E-state index is 0.613. The lowest BCUT2D eigenvalue weighted by atomic mass is 10.0. The Kier molecular flexibility index (Phi) is 3.30. The van der Waals surface area contributed by atoms with E-state index in [2.05, 4.69) is 24.1 Å². The van der Waals surface area contributed by atoms with Crippen molar-refractivity contribution in [2.45, 2.75) is 19.9 Å². The van der Waals surface area contributed by atoms with Gasteiger partial charge in [0.2, 0.25) is 0 Å². The second-order valence-electron chi connectivity index (χ2n) is 3.65. The van der Waals surface area contributed by atoms with Crippen LogP contribution in [0.2, 0.25) is 0 Å². The molecule has 0 amide bonds. The van der Waals surface area contributed by atoms with Crippen LogP contribution >= 0.6 is 0 Å². The summed E-state index contributed by atoms with van der Waals surface area (Å²) in [6.45, 7) is 8.58. The van der Waals surface area contributed by atoms with Crippen LogP contribution in [0.25, 0.3) is 0 Å². The molecule has 1 aliphatic rings. The van der Waals surface area contributed by atoms with E-state index in [0.717, 1.165) is 19.1 Å². The number of nitrogens with zero attached hydrogens (tertiary/aromatic N) is 1. The van der Waals surface area contributed by atoms with Gasteiger partial charge in [-0.3, -0.25) is 4.90 Å². The van der Waals surface area contributed by atoms with Crippen molar-refractivity contribution in [3.63, 3.8) is 0 Å². The molecule has 0 aromatic heterocycles. The third kappa shape index (κ3) is 2.77. The van der Waals surface area contributed by atoms with E-state index >= 15 is 0 Å². The van der Waals surface area contributed by atoms with E-state index in [1.165, 1.54) is 13.1 Å². The Hall–Kier alpha value is -0.120. The molecule has 1 saturated heterocycles. The summed E-state index contributed by atoms with van der Waals surface area (Å²) in [6, 6.07) is 0.613. The molecule has 1 aliphatic heterocycles. The van der Waals surface area contributed by atoms with Gasteiger partial charge in [-0.2, -0.15) is 0 Å². The SMILES string of the molecule is CC(C)NCC1CN(CN)C1. The molecule has 0 spiro atoms. The summed E-state index contributed by atoms with van der Waals surface area (Å²) in [5.74, 6) is 0.834. The van der Waals surface area contributed by atoms with Gasteiger partial charge in [0.25, 0.3) is 0 Å². The lowest BCUT2D eigenvalue weighted by Gasteiger charge is -2.38. The minimum atomic E-state index is 0.613. The third-order valence-electron chi connectivity index (χ3n) is 2.11. The van der Waals surface area contributed by atoms with Gasteiger partial charge >= 0.3 is 0 Å². The summed E-state index contributed by atoms with van der Waals surface area (Å²) in [4.78, 5) is 2.26. The molecule has 1 rings (SSSR count). The van der Waals surface area contributed by atoms with Crippen LogP contribution in [0.4, 0.5) is 0 Å². The van der Waals surface area contributed by atoms with Crippen molar-refractivity contribution in [2.75, 3.05) is 26.3 Å². The molecule has 0 saturated carbocycles. The van der Waals surface area contributed by atoms with Gasteiger partial charge < -0.3 is 11.1 Å². The molecule has 1 heterocycles. The lowest BCUT2D eigenvalue weighted by Crippen LogP contribution is -2.53. The van der Waals surface area contributed by atoms with Crippen LogP contribution < -0.4 is 11.1 Å². The highest BCUT2D eigenvalue weighted by atomic mass is 15.2. The maximum Gasteiger partial charge on any atom is 0.0455 e. The molecule has 66 valence electrons. The number of nitrogens with two attached hydrogens (primary N) is 1. The largest absolute Gasteiger partial charge is 0.318 e. The normalized spacial score (nSPS) is 20.7. The van der Waals surface area contributed by atoms with Crippen molar-refractivity contribution in [1.29, 1.82) is 0 Å². The van der Waals surface area contributed by atoms with Gasteiger partial charge in [0.05, 0.1) is 0 Å². The van der Waals surface area contributed by atoms with Gasteiger partial charge in [-0.1, -0.05) is 13.8 Å². The van der Waals surface area contributed by atoms with Crippen LogP contribution in [0.3, 0.4) is 0 Å². The smallest absolute Gasteiger partial charge is 0.0455 e. The average molecular weight is 157 g/mol. The summed E-state index contributed by atoms with van der Waals surface area (Å²) < 4.78 is 0. The molecule has 3 heteroatoms. The topological polar surface area (TPSA) is 41.3 Å². The fourth-order valence-corrected chi connectivity index (χ4v) is 1.36. The molecule has 0 radical (unpaired) electrons. The third-order valence-corrected chi connectivity index (χ3v) is 2.11. The molecular weight excluding hydrogens is 138 g/mol. The van der Waals surface area contributed by atoms with Gasteiger partial charge in [-0.25, -0.2) is 0 Å². The Bertz CT molecular complexity index is 108. The lowest BCUT2D eigenvalue weighted by molar-refractivity contribution is 0.102. The molecule has 0 bridgehead atoms. The van der Waals surface area contributed by atoms with Crippen LogP contribution in [0.1, 0.15) is 13.8 Å². The quantitative estimate of drug-likeness (QED) is 0.595. The average Bonchev–Trinajstić information content (AvgIpc) is 1.84. The zero-order valence-electron chi connectivity index (χ0n) is 7.51. The molecule has 0 unspecified atom stereocenters. The van der Waals surface area contributed by atoms with E-state index in [1.807, 2.05) is 0 Å². The first-order valence-corrected chi connectivity index (χ1v) is 4.38. The van der Waals surface area contributed by atoms with Gasteiger partial charge in [0.15, 0.2) is 0 Å². The van der Waals surface area contributed by atoms with E-state index in [4.69, 9.17) is 5.73 Å². The van der Waals surface area contributed by atoms with Crippen molar-refractivity contribution in [1.82, 2.24) is 10.2 Å². The van der Waals surface area contributed by atoms with Crippen LogP contribution in [-0.4, -0.2) is 37.2 Å². The molecule has 11 heavy (non-hydrogen) atoms. The van der Waals surface area contributed by atoms with Crippen molar-refractivity contribution < 1.29 is 0 Å². The Morgan fingerprint density at radius 1 is 1.55 bits per heavy atom. The van der Waals surface area contributed by atoms with Crippen LogP contribution in [0.5, 0.6) is 0 Å². The minimum Gasteiger partial charge on any atom is -0.318 e. The van der Waals surface area contributed by atoms with Crippen molar-refractivity contribution in [3.05, 3.63) is 0 Å². The first-order valence-electron chi connectivity index (χ1n) is 4.38. The second-order valence-corrected chi connectivity index (χ2v) is 3.65. The standard InChI is InChI=1S/C8H19N3/c1-7(2)10-3-8-4-11(5-8)6-9/h7-8,10H,3-6,9H2,1-2H3. The van der Waals surface area contributed by atoms with Gasteiger partial charge in [-0.15, -0.1) is 0 Å². The number of rotatable bonds is 4. The summed E-state index contributed by atoms with van der Waals surface area (Å²) in [5.41, 5.74) is 5.46. The maximum absolute atomic E-state index is 5.46. The second kappa shape index (κ2) is 4.04. The van der Waals surface area contributed by atoms with Crippen LogP contribution in [-0.2, 0) is 0 Å². The molecule has 0 atom stereocenters. The van der Waals surface area contributed by atoms with Crippen molar-refractivity contribution in [3.8, 4) is 0 Å². The zero-order valence-corrected chi connectivity index (χ0v) is 7.51. The Balaban J connectivity index is 1.96. The highest BCUT2D eigenvalue weighted by molar-refractivity contribution is 4.80. The van der Waals surface area contributed by atoms with E-state index in [0.29, 0.717) is 6.04 Å². The Morgan fingerprint density at radius 3 is 2.64 bits per heavy atom. The summed E-state index contributed by atoms with van der Waals surface area (Å²) >= 11 is 0. The van der Waals surface area contributed by atoms with Crippen LogP contribution in [0.15, 0.2) is 0 Å². The number of hydrogen-bond acceptors (Lipinski definition) is 3. The number of hydrogen-bond donors (Lipinski definition) is 2. The summed E-state index contributed by atoms with van der Waals surface area (Å²) in [6.07, 6.45) is 0. The number of likely N-dealkylation sites (tertiary alicyclic amines) is 1. The molecule has 3 nitrogen and oxygen atoms in total.